The monoisotopic (exact) mass is 960 g/mol. The third kappa shape index (κ3) is 5.89. The van der Waals surface area contributed by atoms with Crippen LogP contribution in [0, 0.1) is 0 Å². The lowest BCUT2D eigenvalue weighted by molar-refractivity contribution is 0.661. The number of nitrogens with zero attached hydrogens (tertiary/aromatic N) is 4. The minimum atomic E-state index is -0.130. The van der Waals surface area contributed by atoms with Crippen LogP contribution in [0.5, 0.6) is 0 Å². The van der Waals surface area contributed by atoms with E-state index in [0.717, 1.165) is 61.3 Å². The Kier molecular flexibility index (Phi) is 8.51. The van der Waals surface area contributed by atoms with Crippen LogP contribution in [0.1, 0.15) is 49.9 Å². The van der Waals surface area contributed by atoms with Crippen LogP contribution in [0.2, 0.25) is 0 Å². The van der Waals surface area contributed by atoms with Crippen molar-refractivity contribution in [3.63, 3.8) is 0 Å². The molecule has 0 aliphatic heterocycles. The molecule has 5 heteroatoms. The van der Waals surface area contributed by atoms with E-state index < -0.39 is 0 Å². The van der Waals surface area contributed by atoms with Crippen LogP contribution in [0.3, 0.4) is 0 Å². The van der Waals surface area contributed by atoms with E-state index in [4.69, 9.17) is 14.4 Å². The molecule has 5 nitrogen and oxygen atoms in total. The third-order valence-corrected chi connectivity index (χ3v) is 16.9. The molecule has 14 aromatic rings. The van der Waals surface area contributed by atoms with E-state index in [2.05, 4.69) is 249 Å². The standard InChI is InChI=1S/C70H48N4O/c1-69(2)56-28-12-8-24-47(56)51-37-53-49-26-10-14-30-60(49)73(62(53)39-58(51)69)45-22-16-20-42(34-45)43-32-33-64-55(36-43)66-67(75-64)65(41-18-6-5-7-19-41)71-68(72-66)44-21-17-23-46(35-44)74-61-31-15-11-27-50(61)54-38-52-48-25-9-13-29-57(48)70(3,4)59(52)40-63(54)74/h5-40H,1-4H3. The lowest BCUT2D eigenvalue weighted by atomic mass is 9.82. The number of hydrogen-bond acceptors (Lipinski definition) is 3. The summed E-state index contributed by atoms with van der Waals surface area (Å²) in [4.78, 5) is 10.8. The van der Waals surface area contributed by atoms with Crippen LogP contribution in [0.4, 0.5) is 0 Å². The van der Waals surface area contributed by atoms with Crippen molar-refractivity contribution in [2.45, 2.75) is 38.5 Å². The molecule has 0 atom stereocenters. The molecule has 2 aliphatic rings. The molecular weight excluding hydrogens is 913 g/mol. The summed E-state index contributed by atoms with van der Waals surface area (Å²) >= 11 is 0. The SMILES string of the molecule is CC1(C)c2ccccc2-c2cc3c4ccccc4n(-c4cccc(-c5ccc6oc7c(-c8ccccc8)nc(-c8cccc(-n9c%10ccccc%10c%10cc%11c(cc%109)C(C)(C)c9ccccc9-%11)c8)nc7c6c5)c4)c3cc21. The summed E-state index contributed by atoms with van der Waals surface area (Å²) in [5.74, 6) is 0.640. The van der Waals surface area contributed by atoms with Gasteiger partial charge in [0, 0.05) is 60.3 Å². The van der Waals surface area contributed by atoms with Gasteiger partial charge in [-0.3, -0.25) is 0 Å². The van der Waals surface area contributed by atoms with Gasteiger partial charge < -0.3 is 13.6 Å². The zero-order chi connectivity index (χ0) is 49.9. The zero-order valence-electron chi connectivity index (χ0n) is 42.0. The number of aromatic nitrogens is 4. The third-order valence-electron chi connectivity index (χ3n) is 16.9. The molecule has 2 aliphatic carbocycles. The first kappa shape index (κ1) is 42.2. The normalized spacial score (nSPS) is 14.1. The van der Waals surface area contributed by atoms with Crippen LogP contribution in [-0.2, 0) is 10.8 Å². The lowest BCUT2D eigenvalue weighted by Crippen LogP contribution is -2.15. The van der Waals surface area contributed by atoms with Gasteiger partial charge in [0.05, 0.1) is 22.1 Å². The minimum Gasteiger partial charge on any atom is -0.452 e. The molecule has 4 heterocycles. The fourth-order valence-corrected chi connectivity index (χ4v) is 13.2. The first-order valence-corrected chi connectivity index (χ1v) is 26.1. The Morgan fingerprint density at radius 2 is 0.853 bits per heavy atom. The van der Waals surface area contributed by atoms with E-state index in [-0.39, 0.29) is 10.8 Å². The van der Waals surface area contributed by atoms with Gasteiger partial charge >= 0.3 is 0 Å². The first-order valence-electron chi connectivity index (χ1n) is 26.1. The molecule has 0 fully saturated rings. The highest BCUT2D eigenvalue weighted by Crippen LogP contribution is 2.53. The van der Waals surface area contributed by atoms with Crippen molar-refractivity contribution in [1.82, 2.24) is 19.1 Å². The quantitative estimate of drug-likeness (QED) is 0.173. The Morgan fingerprint density at radius 3 is 1.47 bits per heavy atom. The Bertz CT molecular complexity index is 4770. The number of benzene rings is 10. The van der Waals surface area contributed by atoms with Gasteiger partial charge in [-0.05, 0) is 128 Å². The molecular formula is C70H48N4O. The topological polar surface area (TPSA) is 48.8 Å². The molecule has 0 saturated heterocycles. The van der Waals surface area contributed by atoms with Crippen LogP contribution in [0.15, 0.2) is 223 Å². The molecule has 0 spiro atoms. The molecule has 0 N–H and O–H groups in total. The highest BCUT2D eigenvalue weighted by atomic mass is 16.3. The van der Waals surface area contributed by atoms with E-state index in [1.165, 1.54) is 82.6 Å². The van der Waals surface area contributed by atoms with Gasteiger partial charge in [0.1, 0.15) is 16.8 Å². The largest absolute Gasteiger partial charge is 0.452 e. The van der Waals surface area contributed by atoms with Gasteiger partial charge in [0.15, 0.2) is 11.4 Å². The van der Waals surface area contributed by atoms with Gasteiger partial charge in [0.25, 0.3) is 0 Å². The summed E-state index contributed by atoms with van der Waals surface area (Å²) in [6, 6.07) is 79.7. The van der Waals surface area contributed by atoms with Crippen molar-refractivity contribution in [3.8, 4) is 67.4 Å². The predicted octanol–water partition coefficient (Wildman–Crippen LogP) is 18.2. The molecule has 354 valence electrons. The summed E-state index contributed by atoms with van der Waals surface area (Å²) in [6.45, 7) is 9.42. The number of furan rings is 1. The van der Waals surface area contributed by atoms with E-state index in [1.807, 2.05) is 6.07 Å². The average molecular weight is 961 g/mol. The number of fused-ring (bicyclic) bond motifs is 15. The van der Waals surface area contributed by atoms with Crippen LogP contribution >= 0.6 is 0 Å². The molecule has 0 unspecified atom stereocenters. The fraction of sp³-hybridized carbons (Fsp3) is 0.0857. The predicted molar refractivity (Wildman–Crippen MR) is 309 cm³/mol. The van der Waals surface area contributed by atoms with Crippen molar-refractivity contribution in [2.75, 3.05) is 0 Å². The van der Waals surface area contributed by atoms with Crippen LogP contribution in [0.25, 0.3) is 133 Å². The molecule has 0 saturated carbocycles. The fourth-order valence-electron chi connectivity index (χ4n) is 13.2. The number of hydrogen-bond donors (Lipinski definition) is 0. The van der Waals surface area contributed by atoms with Crippen LogP contribution in [-0.4, -0.2) is 19.1 Å². The summed E-state index contributed by atoms with van der Waals surface area (Å²) in [6.07, 6.45) is 0. The van der Waals surface area contributed by atoms with E-state index in [9.17, 15) is 0 Å². The van der Waals surface area contributed by atoms with Crippen molar-refractivity contribution >= 4 is 65.7 Å². The van der Waals surface area contributed by atoms with E-state index in [0.29, 0.717) is 11.4 Å². The highest BCUT2D eigenvalue weighted by Gasteiger charge is 2.38. The van der Waals surface area contributed by atoms with E-state index in [1.54, 1.807) is 0 Å². The van der Waals surface area contributed by atoms with Crippen LogP contribution < -0.4 is 0 Å². The number of rotatable bonds is 5. The van der Waals surface area contributed by atoms with Gasteiger partial charge in [-0.15, -0.1) is 0 Å². The van der Waals surface area contributed by atoms with Gasteiger partial charge in [0.2, 0.25) is 0 Å². The maximum absolute atomic E-state index is 6.80. The molecule has 16 rings (SSSR count). The molecule has 75 heavy (non-hydrogen) atoms. The summed E-state index contributed by atoms with van der Waals surface area (Å²) in [5, 5.41) is 5.92. The first-order chi connectivity index (χ1) is 36.7. The summed E-state index contributed by atoms with van der Waals surface area (Å²) < 4.78 is 11.7. The van der Waals surface area contributed by atoms with Crippen molar-refractivity contribution in [1.29, 1.82) is 0 Å². The zero-order valence-corrected chi connectivity index (χ0v) is 42.0. The summed E-state index contributed by atoms with van der Waals surface area (Å²) in [5.41, 5.74) is 24.5. The van der Waals surface area contributed by atoms with Crippen molar-refractivity contribution < 1.29 is 4.42 Å². The van der Waals surface area contributed by atoms with Crippen molar-refractivity contribution in [3.05, 3.63) is 241 Å². The second-order valence-electron chi connectivity index (χ2n) is 21.7. The second-order valence-corrected chi connectivity index (χ2v) is 21.7. The van der Waals surface area contributed by atoms with Gasteiger partial charge in [-0.25, -0.2) is 9.97 Å². The Hall–Kier alpha value is -9.32. The highest BCUT2D eigenvalue weighted by molar-refractivity contribution is 6.14. The molecule has 0 amide bonds. The molecule has 0 radical (unpaired) electrons. The van der Waals surface area contributed by atoms with Crippen molar-refractivity contribution in [2.24, 2.45) is 0 Å². The van der Waals surface area contributed by atoms with E-state index >= 15 is 0 Å². The van der Waals surface area contributed by atoms with Gasteiger partial charge in [-0.2, -0.15) is 0 Å². The minimum absolute atomic E-state index is 0.114. The average Bonchev–Trinajstić information content (AvgIpc) is 4.22. The Morgan fingerprint density at radius 1 is 0.347 bits per heavy atom. The Balaban J connectivity index is 0.849. The maximum Gasteiger partial charge on any atom is 0.180 e. The van der Waals surface area contributed by atoms with Gasteiger partial charge in [-0.1, -0.05) is 173 Å². The maximum atomic E-state index is 6.80. The lowest BCUT2D eigenvalue weighted by Gasteiger charge is -2.21. The number of para-hydroxylation sites is 2. The summed E-state index contributed by atoms with van der Waals surface area (Å²) in [7, 11) is 0. The smallest absolute Gasteiger partial charge is 0.180 e. The molecule has 10 aromatic carbocycles. The second kappa shape index (κ2) is 15.1. The molecule has 4 aromatic heterocycles. The molecule has 0 bridgehead atoms. The Labute approximate surface area is 433 Å².